The van der Waals surface area contributed by atoms with Crippen LogP contribution in [0.1, 0.15) is 15.9 Å². The summed E-state index contributed by atoms with van der Waals surface area (Å²) >= 11 is 0. The van der Waals surface area contributed by atoms with E-state index in [-0.39, 0.29) is 0 Å². The van der Waals surface area contributed by atoms with Crippen molar-refractivity contribution in [2.75, 3.05) is 14.2 Å². The molecule has 1 atom stereocenters. The van der Waals surface area contributed by atoms with Gasteiger partial charge >= 0.3 is 12.1 Å². The molecule has 8 heteroatoms. The fourth-order valence-electron chi connectivity index (χ4n) is 1.36. The van der Waals surface area contributed by atoms with Crippen LogP contribution in [-0.4, -0.2) is 20.1 Å². The molecule has 0 aromatic heterocycles. The van der Waals surface area contributed by atoms with Crippen molar-refractivity contribution in [3.63, 3.8) is 0 Å². The molecule has 1 unspecified atom stereocenters. The van der Waals surface area contributed by atoms with Crippen LogP contribution in [0.15, 0.2) is 12.1 Å². The van der Waals surface area contributed by atoms with E-state index in [2.05, 4.69) is 4.74 Å². The third-order valence-corrected chi connectivity index (χ3v) is 2.20. The molecular weight excluding hydrogens is 258 g/mol. The molecule has 0 amide bonds. The highest BCUT2D eigenvalue weighted by Crippen LogP contribution is 2.33. The fourth-order valence-corrected chi connectivity index (χ4v) is 1.36. The van der Waals surface area contributed by atoms with E-state index in [9.17, 15) is 27.6 Å². The number of hydrogen-bond acceptors (Lipinski definition) is 3. The SMILES string of the molecule is COC(=O)c1cc(F)c(C(F)(F)F)cc1[NH+](C)[O-]. The van der Waals surface area contributed by atoms with Crippen molar-refractivity contribution in [2.45, 2.75) is 6.18 Å². The summed E-state index contributed by atoms with van der Waals surface area (Å²) in [6.45, 7) is 0. The Morgan fingerprint density at radius 1 is 1.39 bits per heavy atom. The minimum absolute atomic E-state index is 0.309. The number of rotatable bonds is 2. The topological polar surface area (TPSA) is 53.8 Å². The third kappa shape index (κ3) is 2.77. The molecule has 0 saturated heterocycles. The molecule has 1 rings (SSSR count). The van der Waals surface area contributed by atoms with Gasteiger partial charge in [0.15, 0.2) is 0 Å². The highest BCUT2D eigenvalue weighted by molar-refractivity contribution is 5.94. The first-order valence-corrected chi connectivity index (χ1v) is 4.68. The minimum atomic E-state index is -4.94. The van der Waals surface area contributed by atoms with Gasteiger partial charge in [0.25, 0.3) is 0 Å². The van der Waals surface area contributed by atoms with Crippen LogP contribution >= 0.6 is 0 Å². The van der Waals surface area contributed by atoms with Gasteiger partial charge in [-0.25, -0.2) is 9.18 Å². The first kappa shape index (κ1) is 14.4. The number of quaternary nitrogens is 1. The molecule has 0 aliphatic carbocycles. The number of benzene rings is 1. The summed E-state index contributed by atoms with van der Waals surface area (Å²) in [7, 11) is 1.95. The molecule has 0 bridgehead atoms. The monoisotopic (exact) mass is 267 g/mol. The number of nitrogens with one attached hydrogen (secondary N) is 1. The van der Waals surface area contributed by atoms with Crippen LogP contribution in [-0.2, 0) is 10.9 Å². The zero-order valence-electron chi connectivity index (χ0n) is 9.39. The van der Waals surface area contributed by atoms with Crippen molar-refractivity contribution in [2.24, 2.45) is 0 Å². The Labute approximate surface area is 99.3 Å². The van der Waals surface area contributed by atoms with Crippen molar-refractivity contribution >= 4 is 11.7 Å². The number of hydrogen-bond donors (Lipinski definition) is 1. The van der Waals surface area contributed by atoms with Crippen LogP contribution < -0.4 is 5.06 Å². The second-order valence-electron chi connectivity index (χ2n) is 3.42. The summed E-state index contributed by atoms with van der Waals surface area (Å²) in [6, 6.07) is 0.662. The standard InChI is InChI=1S/C10H9F4NO3/c1-15(17)8-4-6(10(12,13)14)7(11)3-5(8)9(16)18-2/h3-4,15H,1-2H3. The van der Waals surface area contributed by atoms with Crippen molar-refractivity contribution < 1.29 is 32.2 Å². The van der Waals surface area contributed by atoms with Crippen LogP contribution in [0.2, 0.25) is 0 Å². The molecule has 100 valence electrons. The lowest BCUT2D eigenvalue weighted by Crippen LogP contribution is -2.98. The van der Waals surface area contributed by atoms with Crippen molar-refractivity contribution in [1.29, 1.82) is 0 Å². The molecular formula is C10H9F4NO3. The number of alkyl halides is 3. The number of hydroxylamine groups is 1. The molecule has 0 saturated carbocycles. The summed E-state index contributed by atoms with van der Waals surface area (Å²) in [5.74, 6) is -2.71. The van der Waals surface area contributed by atoms with Crippen LogP contribution in [0.5, 0.6) is 0 Å². The summed E-state index contributed by atoms with van der Waals surface area (Å²) in [4.78, 5) is 11.2. The molecule has 0 heterocycles. The molecule has 0 aliphatic rings. The zero-order valence-corrected chi connectivity index (χ0v) is 9.39. The maximum Gasteiger partial charge on any atom is 0.419 e. The first-order chi connectivity index (χ1) is 8.18. The largest absolute Gasteiger partial charge is 0.629 e. The molecule has 1 aromatic carbocycles. The van der Waals surface area contributed by atoms with Gasteiger partial charge in [-0.2, -0.15) is 13.2 Å². The van der Waals surface area contributed by atoms with Crippen molar-refractivity contribution in [3.8, 4) is 0 Å². The highest BCUT2D eigenvalue weighted by Gasteiger charge is 2.36. The molecule has 0 radical (unpaired) electrons. The lowest BCUT2D eigenvalue weighted by Gasteiger charge is -2.20. The normalized spacial score (nSPS) is 13.3. The number of carbonyl (C=O) groups is 1. The van der Waals surface area contributed by atoms with E-state index < -0.39 is 39.8 Å². The number of halogens is 4. The Morgan fingerprint density at radius 2 is 1.94 bits per heavy atom. The summed E-state index contributed by atoms with van der Waals surface area (Å²) in [5.41, 5.74) is -2.66. The van der Waals surface area contributed by atoms with E-state index in [0.29, 0.717) is 12.1 Å². The van der Waals surface area contributed by atoms with Gasteiger partial charge in [0.1, 0.15) is 17.1 Å². The second kappa shape index (κ2) is 4.91. The van der Waals surface area contributed by atoms with Gasteiger partial charge in [0.05, 0.1) is 19.7 Å². The minimum Gasteiger partial charge on any atom is -0.629 e. The van der Waals surface area contributed by atoms with Gasteiger partial charge in [-0.3, -0.25) is 0 Å². The molecule has 18 heavy (non-hydrogen) atoms. The Balaban J connectivity index is 3.49. The lowest BCUT2D eigenvalue weighted by molar-refractivity contribution is -0.751. The maximum absolute atomic E-state index is 13.2. The Bertz CT molecular complexity index is 471. The lowest BCUT2D eigenvalue weighted by atomic mass is 10.1. The van der Waals surface area contributed by atoms with E-state index in [0.717, 1.165) is 14.2 Å². The maximum atomic E-state index is 13.2. The Hall–Kier alpha value is -1.67. The predicted octanol–water partition coefficient (Wildman–Crippen LogP) is 1.28. The number of carbonyl (C=O) groups excluding carboxylic acids is 1. The number of methoxy groups -OCH3 is 1. The zero-order chi connectivity index (χ0) is 14.1. The van der Waals surface area contributed by atoms with Crippen molar-refractivity contribution in [1.82, 2.24) is 0 Å². The number of ether oxygens (including phenoxy) is 1. The quantitative estimate of drug-likeness (QED) is 0.499. The number of esters is 1. The molecule has 0 aliphatic heterocycles. The van der Waals surface area contributed by atoms with E-state index in [1.54, 1.807) is 0 Å². The first-order valence-electron chi connectivity index (χ1n) is 4.68. The van der Waals surface area contributed by atoms with E-state index >= 15 is 0 Å². The van der Waals surface area contributed by atoms with Gasteiger partial charge < -0.3 is 15.0 Å². The second-order valence-corrected chi connectivity index (χ2v) is 3.42. The summed E-state index contributed by atoms with van der Waals surface area (Å²) in [6.07, 6.45) is -4.94. The predicted molar refractivity (Wildman–Crippen MR) is 52.7 cm³/mol. The Morgan fingerprint density at radius 3 is 2.33 bits per heavy atom. The van der Waals surface area contributed by atoms with E-state index in [1.165, 1.54) is 0 Å². The average molecular weight is 267 g/mol. The molecule has 1 aromatic rings. The van der Waals surface area contributed by atoms with Crippen LogP contribution in [0.25, 0.3) is 0 Å². The van der Waals surface area contributed by atoms with Gasteiger partial charge in [-0.05, 0) is 6.07 Å². The van der Waals surface area contributed by atoms with Gasteiger partial charge in [0, 0.05) is 6.07 Å². The van der Waals surface area contributed by atoms with Crippen LogP contribution in [0.4, 0.5) is 23.2 Å². The summed E-state index contributed by atoms with van der Waals surface area (Å²) in [5, 5.41) is 10.4. The molecule has 4 nitrogen and oxygen atoms in total. The third-order valence-electron chi connectivity index (χ3n) is 2.20. The van der Waals surface area contributed by atoms with E-state index in [1.807, 2.05) is 0 Å². The van der Waals surface area contributed by atoms with E-state index in [4.69, 9.17) is 0 Å². The molecule has 0 spiro atoms. The molecule has 0 fully saturated rings. The Kier molecular flexibility index (Phi) is 3.92. The smallest absolute Gasteiger partial charge is 0.419 e. The van der Waals surface area contributed by atoms with Crippen molar-refractivity contribution in [3.05, 3.63) is 34.3 Å². The summed E-state index contributed by atoms with van der Waals surface area (Å²) < 4.78 is 54.8. The fraction of sp³-hybridized carbons (Fsp3) is 0.300. The van der Waals surface area contributed by atoms with Gasteiger partial charge in [-0.1, -0.05) is 0 Å². The highest BCUT2D eigenvalue weighted by atomic mass is 19.4. The van der Waals surface area contributed by atoms with Crippen LogP contribution in [0.3, 0.4) is 0 Å². The van der Waals surface area contributed by atoms with Gasteiger partial charge in [-0.15, -0.1) is 0 Å². The molecule has 1 N–H and O–H groups in total. The average Bonchev–Trinajstić information content (AvgIpc) is 2.25. The van der Waals surface area contributed by atoms with Gasteiger partial charge in [0.2, 0.25) is 0 Å². The van der Waals surface area contributed by atoms with Crippen LogP contribution in [0, 0.1) is 11.0 Å².